The number of benzene rings is 1. The molecule has 2 amide bonds. The molecule has 1 aromatic carbocycles. The standard InChI is InChI=1S/C22H26N6O2/c29-21(25-19-14-27-10-7-15(19)8-11-27)16-3-5-18(6-4-16)24-22(30)17-12-28(13-17)20-2-1-9-23-26-20/h1-6,9,15,17,19H,7-8,10-14H2,(H,24,30)(H,25,29). The normalized spacial score (nSPS) is 25.5. The van der Waals surface area contributed by atoms with Crippen molar-refractivity contribution in [3.8, 4) is 0 Å². The molecule has 4 fully saturated rings. The van der Waals surface area contributed by atoms with Gasteiger partial charge in [-0.1, -0.05) is 0 Å². The van der Waals surface area contributed by atoms with Gasteiger partial charge < -0.3 is 20.4 Å². The van der Waals surface area contributed by atoms with Crippen molar-refractivity contribution in [3.63, 3.8) is 0 Å². The van der Waals surface area contributed by atoms with E-state index in [1.165, 1.54) is 12.8 Å². The van der Waals surface area contributed by atoms with Crippen LogP contribution in [0.5, 0.6) is 0 Å². The summed E-state index contributed by atoms with van der Waals surface area (Å²) in [5.41, 5.74) is 1.33. The average molecular weight is 406 g/mol. The number of hydrogen-bond donors (Lipinski definition) is 2. The Morgan fingerprint density at radius 1 is 1.00 bits per heavy atom. The van der Waals surface area contributed by atoms with Crippen LogP contribution in [-0.4, -0.2) is 65.7 Å². The molecule has 0 spiro atoms. The van der Waals surface area contributed by atoms with Crippen LogP contribution in [-0.2, 0) is 4.79 Å². The summed E-state index contributed by atoms with van der Waals surface area (Å²) in [7, 11) is 0. The summed E-state index contributed by atoms with van der Waals surface area (Å²) >= 11 is 0. The molecule has 6 rings (SSSR count). The van der Waals surface area contributed by atoms with Crippen molar-refractivity contribution in [1.29, 1.82) is 0 Å². The Bertz CT molecular complexity index is 905. The average Bonchev–Trinajstić information content (AvgIpc) is 2.75. The van der Waals surface area contributed by atoms with Crippen molar-refractivity contribution in [3.05, 3.63) is 48.2 Å². The van der Waals surface area contributed by atoms with E-state index in [9.17, 15) is 9.59 Å². The highest BCUT2D eigenvalue weighted by Gasteiger charge is 2.35. The number of nitrogens with zero attached hydrogens (tertiary/aromatic N) is 4. The molecule has 8 heteroatoms. The van der Waals surface area contributed by atoms with Crippen LogP contribution in [0, 0.1) is 11.8 Å². The molecule has 5 heterocycles. The molecule has 2 aromatic rings. The van der Waals surface area contributed by atoms with Gasteiger partial charge in [-0.3, -0.25) is 9.59 Å². The van der Waals surface area contributed by atoms with E-state index in [0.717, 1.165) is 25.5 Å². The maximum atomic E-state index is 12.6. The smallest absolute Gasteiger partial charge is 0.251 e. The molecule has 0 aliphatic carbocycles. The number of amides is 2. The van der Waals surface area contributed by atoms with Crippen LogP contribution >= 0.6 is 0 Å². The number of hydrogen-bond acceptors (Lipinski definition) is 6. The first-order chi connectivity index (χ1) is 14.7. The number of fused-ring (bicyclic) bond motifs is 3. The van der Waals surface area contributed by atoms with E-state index in [4.69, 9.17) is 0 Å². The number of nitrogens with one attached hydrogen (secondary N) is 2. The fourth-order valence-corrected chi connectivity index (χ4v) is 4.62. The van der Waals surface area contributed by atoms with E-state index in [0.29, 0.717) is 30.3 Å². The molecule has 4 aliphatic rings. The molecule has 30 heavy (non-hydrogen) atoms. The highest BCUT2D eigenvalue weighted by Crippen LogP contribution is 2.28. The van der Waals surface area contributed by atoms with Crippen LogP contribution in [0.25, 0.3) is 0 Å². The summed E-state index contributed by atoms with van der Waals surface area (Å²) in [6.45, 7) is 4.53. The zero-order valence-corrected chi connectivity index (χ0v) is 16.8. The second kappa shape index (κ2) is 8.02. The second-order valence-corrected chi connectivity index (χ2v) is 8.47. The van der Waals surface area contributed by atoms with Crippen LogP contribution in [0.2, 0.25) is 0 Å². The van der Waals surface area contributed by atoms with E-state index < -0.39 is 0 Å². The number of anilines is 2. The number of rotatable bonds is 5. The molecule has 1 aromatic heterocycles. The number of carbonyl (C=O) groups is 2. The van der Waals surface area contributed by atoms with Gasteiger partial charge in [0.2, 0.25) is 5.91 Å². The van der Waals surface area contributed by atoms with Gasteiger partial charge in [-0.25, -0.2) is 0 Å². The van der Waals surface area contributed by atoms with Crippen molar-refractivity contribution >= 4 is 23.3 Å². The van der Waals surface area contributed by atoms with Gasteiger partial charge in [0.05, 0.1) is 5.92 Å². The largest absolute Gasteiger partial charge is 0.353 e. The zero-order chi connectivity index (χ0) is 20.5. The molecule has 156 valence electrons. The fourth-order valence-electron chi connectivity index (χ4n) is 4.62. The molecule has 4 saturated heterocycles. The lowest BCUT2D eigenvalue weighted by Crippen LogP contribution is -2.57. The molecule has 1 atom stereocenters. The van der Waals surface area contributed by atoms with Crippen molar-refractivity contribution in [2.75, 3.05) is 42.9 Å². The summed E-state index contributed by atoms with van der Waals surface area (Å²) in [4.78, 5) is 29.5. The minimum absolute atomic E-state index is 0.0142. The Kier molecular flexibility index (Phi) is 5.08. The van der Waals surface area contributed by atoms with Crippen molar-refractivity contribution < 1.29 is 9.59 Å². The Morgan fingerprint density at radius 2 is 1.77 bits per heavy atom. The number of piperidine rings is 3. The van der Waals surface area contributed by atoms with Gasteiger partial charge in [-0.2, -0.15) is 5.10 Å². The predicted molar refractivity (Wildman–Crippen MR) is 113 cm³/mol. The van der Waals surface area contributed by atoms with Crippen LogP contribution < -0.4 is 15.5 Å². The molecule has 1 unspecified atom stereocenters. The van der Waals surface area contributed by atoms with Crippen LogP contribution in [0.1, 0.15) is 23.2 Å². The molecule has 4 aliphatic heterocycles. The van der Waals surface area contributed by atoms with Crippen molar-refractivity contribution in [1.82, 2.24) is 20.4 Å². The molecule has 8 nitrogen and oxygen atoms in total. The Hall–Kier alpha value is -3.00. The first-order valence-corrected chi connectivity index (χ1v) is 10.6. The van der Waals surface area contributed by atoms with Crippen LogP contribution in [0.15, 0.2) is 42.6 Å². The highest BCUT2D eigenvalue weighted by molar-refractivity contribution is 5.97. The first kappa shape index (κ1) is 19.0. The van der Waals surface area contributed by atoms with Gasteiger partial charge in [-0.05, 0) is 68.2 Å². The molecule has 0 saturated carbocycles. The molecular weight excluding hydrogens is 380 g/mol. The van der Waals surface area contributed by atoms with Crippen molar-refractivity contribution in [2.24, 2.45) is 11.8 Å². The maximum Gasteiger partial charge on any atom is 0.251 e. The van der Waals surface area contributed by atoms with Gasteiger partial charge in [0, 0.05) is 43.1 Å². The van der Waals surface area contributed by atoms with E-state index in [1.54, 1.807) is 30.5 Å². The van der Waals surface area contributed by atoms with E-state index in [2.05, 4.69) is 25.7 Å². The summed E-state index contributed by atoms with van der Waals surface area (Å²) in [6, 6.07) is 11.1. The van der Waals surface area contributed by atoms with Gasteiger partial charge in [-0.15, -0.1) is 5.10 Å². The second-order valence-electron chi connectivity index (χ2n) is 8.47. The fraction of sp³-hybridized carbons (Fsp3) is 0.455. The number of carbonyl (C=O) groups excluding carboxylic acids is 2. The van der Waals surface area contributed by atoms with E-state index >= 15 is 0 Å². The third kappa shape index (κ3) is 3.87. The molecule has 2 bridgehead atoms. The van der Waals surface area contributed by atoms with Gasteiger partial charge in [0.25, 0.3) is 5.91 Å². The van der Waals surface area contributed by atoms with Gasteiger partial charge >= 0.3 is 0 Å². The molecule has 0 radical (unpaired) electrons. The monoisotopic (exact) mass is 406 g/mol. The Balaban J connectivity index is 1.12. The lowest BCUT2D eigenvalue weighted by molar-refractivity contribution is -0.120. The molecule has 2 N–H and O–H groups in total. The topological polar surface area (TPSA) is 90.5 Å². The maximum absolute atomic E-state index is 12.6. The minimum Gasteiger partial charge on any atom is -0.353 e. The summed E-state index contributed by atoms with van der Waals surface area (Å²) in [5, 5.41) is 14.1. The third-order valence-corrected chi connectivity index (χ3v) is 6.52. The van der Waals surface area contributed by atoms with Crippen LogP contribution in [0.3, 0.4) is 0 Å². The third-order valence-electron chi connectivity index (χ3n) is 6.52. The minimum atomic E-state index is -0.0771. The lowest BCUT2D eigenvalue weighted by atomic mass is 9.84. The molecular formula is C22H26N6O2. The highest BCUT2D eigenvalue weighted by atomic mass is 16.2. The Morgan fingerprint density at radius 3 is 2.40 bits per heavy atom. The number of aromatic nitrogens is 2. The SMILES string of the molecule is O=C(NC1CN2CCC1CC2)c1ccc(NC(=O)C2CN(c3cccnn3)C2)cc1. The van der Waals surface area contributed by atoms with E-state index in [-0.39, 0.29) is 23.8 Å². The van der Waals surface area contributed by atoms with Gasteiger partial charge in [0.15, 0.2) is 5.82 Å². The van der Waals surface area contributed by atoms with Crippen LogP contribution in [0.4, 0.5) is 11.5 Å². The van der Waals surface area contributed by atoms with Crippen molar-refractivity contribution in [2.45, 2.75) is 18.9 Å². The van der Waals surface area contributed by atoms with E-state index in [1.807, 2.05) is 17.0 Å². The predicted octanol–water partition coefficient (Wildman–Crippen LogP) is 1.38. The first-order valence-electron chi connectivity index (χ1n) is 10.6. The quantitative estimate of drug-likeness (QED) is 0.780. The zero-order valence-electron chi connectivity index (χ0n) is 16.8. The summed E-state index contributed by atoms with van der Waals surface area (Å²) in [6.07, 6.45) is 3.98. The summed E-state index contributed by atoms with van der Waals surface area (Å²) in [5.74, 6) is 1.26. The Labute approximate surface area is 175 Å². The summed E-state index contributed by atoms with van der Waals surface area (Å²) < 4.78 is 0. The van der Waals surface area contributed by atoms with Gasteiger partial charge in [0.1, 0.15) is 0 Å². The lowest BCUT2D eigenvalue weighted by Gasteiger charge is -2.44.